The summed E-state index contributed by atoms with van der Waals surface area (Å²) in [5.41, 5.74) is 2.18. The molecule has 4 heteroatoms. The van der Waals surface area contributed by atoms with Crippen LogP contribution in [0.5, 0.6) is 0 Å². The van der Waals surface area contributed by atoms with Gasteiger partial charge in [-0.15, -0.1) is 0 Å². The van der Waals surface area contributed by atoms with E-state index in [9.17, 15) is 0 Å². The molecule has 0 unspecified atom stereocenters. The van der Waals surface area contributed by atoms with Crippen LogP contribution in [-0.2, 0) is 0 Å². The number of aromatic nitrogens is 1. The molecule has 0 saturated heterocycles. The Labute approximate surface area is 142 Å². The third-order valence-electron chi connectivity index (χ3n) is 3.79. The number of fused-ring (bicyclic) bond motifs is 1. The first kappa shape index (κ1) is 15.6. The van der Waals surface area contributed by atoms with Crippen molar-refractivity contribution in [1.29, 1.82) is 0 Å². The highest BCUT2D eigenvalue weighted by Crippen LogP contribution is 2.23. The highest BCUT2D eigenvalue weighted by atomic mass is 32.1. The van der Waals surface area contributed by atoms with E-state index in [2.05, 4.69) is 39.5 Å². The zero-order valence-corrected chi connectivity index (χ0v) is 14.0. The molecule has 2 aromatic carbocycles. The number of nitrogens with zero attached hydrogens (tertiary/aromatic N) is 2. The summed E-state index contributed by atoms with van der Waals surface area (Å²) in [6, 6.07) is 18.5. The number of hydrogen-bond donors (Lipinski definition) is 1. The summed E-state index contributed by atoms with van der Waals surface area (Å²) in [4.78, 5) is 7.05. The Morgan fingerprint density at radius 1 is 1.04 bits per heavy atom. The van der Waals surface area contributed by atoms with Gasteiger partial charge in [-0.1, -0.05) is 48.6 Å². The molecule has 0 amide bonds. The monoisotopic (exact) mass is 321 g/mol. The van der Waals surface area contributed by atoms with E-state index in [0.717, 1.165) is 21.4 Å². The fourth-order valence-electron chi connectivity index (χ4n) is 2.69. The van der Waals surface area contributed by atoms with Gasteiger partial charge in [-0.25, -0.2) is 0 Å². The van der Waals surface area contributed by atoms with Crippen LogP contribution in [0.4, 0.5) is 5.69 Å². The van der Waals surface area contributed by atoms with Gasteiger partial charge < -0.3 is 5.32 Å². The van der Waals surface area contributed by atoms with Gasteiger partial charge in [0.1, 0.15) is 4.99 Å². The van der Waals surface area contributed by atoms with Gasteiger partial charge in [-0.3, -0.25) is 9.88 Å². The molecule has 0 saturated carbocycles. The van der Waals surface area contributed by atoms with Gasteiger partial charge in [-0.05, 0) is 43.2 Å². The second-order valence-corrected chi connectivity index (χ2v) is 6.14. The van der Waals surface area contributed by atoms with E-state index in [1.54, 1.807) is 6.20 Å². The standard InChI is InChI=1S/C19H19N3S/c1-22(2)18(14-6-4-3-5-7-14)19(23)21-17-9-8-16-13-20-11-10-15(16)12-17/h3-13,18H,1-2H3,(H,21,23)/t18-/m1/s1. The van der Waals surface area contributed by atoms with Crippen LogP contribution in [0.15, 0.2) is 67.0 Å². The summed E-state index contributed by atoms with van der Waals surface area (Å²) in [7, 11) is 4.08. The minimum absolute atomic E-state index is 0.0411. The molecule has 0 aliphatic rings. The maximum atomic E-state index is 5.67. The maximum Gasteiger partial charge on any atom is 0.102 e. The number of hydrogen-bond acceptors (Lipinski definition) is 3. The third-order valence-corrected chi connectivity index (χ3v) is 4.11. The van der Waals surface area contributed by atoms with Crippen molar-refractivity contribution in [2.75, 3.05) is 19.4 Å². The largest absolute Gasteiger partial charge is 0.348 e. The maximum absolute atomic E-state index is 5.67. The number of benzene rings is 2. The molecule has 1 atom stereocenters. The number of nitrogens with one attached hydrogen (secondary N) is 1. The summed E-state index contributed by atoms with van der Waals surface area (Å²) < 4.78 is 0. The molecular formula is C19H19N3S. The predicted molar refractivity (Wildman–Crippen MR) is 101 cm³/mol. The minimum Gasteiger partial charge on any atom is -0.348 e. The van der Waals surface area contributed by atoms with Crippen LogP contribution in [0.25, 0.3) is 10.8 Å². The SMILES string of the molecule is CN(C)[C@@H](C(=S)Nc1ccc2cnccc2c1)c1ccccc1. The van der Waals surface area contributed by atoms with Crippen LogP contribution in [0.2, 0.25) is 0 Å². The first-order chi connectivity index (χ1) is 11.1. The molecular weight excluding hydrogens is 302 g/mol. The van der Waals surface area contributed by atoms with Crippen LogP contribution in [0.3, 0.4) is 0 Å². The topological polar surface area (TPSA) is 28.2 Å². The van der Waals surface area contributed by atoms with Crippen molar-refractivity contribution in [3.63, 3.8) is 0 Å². The molecule has 0 fully saturated rings. The Hall–Kier alpha value is -2.30. The molecule has 1 N–H and O–H groups in total. The van der Waals surface area contributed by atoms with Crippen molar-refractivity contribution in [2.24, 2.45) is 0 Å². The van der Waals surface area contributed by atoms with E-state index in [4.69, 9.17) is 12.2 Å². The first-order valence-corrected chi connectivity index (χ1v) is 7.92. The van der Waals surface area contributed by atoms with E-state index in [1.807, 2.05) is 50.6 Å². The minimum atomic E-state index is 0.0411. The highest BCUT2D eigenvalue weighted by Gasteiger charge is 2.19. The van der Waals surface area contributed by atoms with Crippen molar-refractivity contribution >= 4 is 33.7 Å². The number of pyridine rings is 1. The number of likely N-dealkylation sites (N-methyl/N-ethyl adjacent to an activating group) is 1. The van der Waals surface area contributed by atoms with Gasteiger partial charge in [0, 0.05) is 23.5 Å². The summed E-state index contributed by atoms with van der Waals surface area (Å²) in [6.45, 7) is 0. The van der Waals surface area contributed by atoms with Crippen LogP contribution >= 0.6 is 12.2 Å². The van der Waals surface area contributed by atoms with Crippen LogP contribution in [-0.4, -0.2) is 29.0 Å². The summed E-state index contributed by atoms with van der Waals surface area (Å²) in [5.74, 6) is 0. The fourth-order valence-corrected chi connectivity index (χ4v) is 3.16. The average Bonchev–Trinajstić information content (AvgIpc) is 2.55. The summed E-state index contributed by atoms with van der Waals surface area (Å²) in [5, 5.41) is 5.65. The lowest BCUT2D eigenvalue weighted by molar-refractivity contribution is 0.372. The lowest BCUT2D eigenvalue weighted by Crippen LogP contribution is -2.30. The molecule has 3 aromatic rings. The Bertz CT molecular complexity index is 815. The Morgan fingerprint density at radius 2 is 1.83 bits per heavy atom. The highest BCUT2D eigenvalue weighted by molar-refractivity contribution is 7.80. The van der Waals surface area contributed by atoms with Crippen molar-refractivity contribution in [3.8, 4) is 0 Å². The lowest BCUT2D eigenvalue weighted by Gasteiger charge is -2.26. The second-order valence-electron chi connectivity index (χ2n) is 5.70. The van der Waals surface area contributed by atoms with E-state index in [0.29, 0.717) is 0 Å². The molecule has 3 rings (SSSR count). The van der Waals surface area contributed by atoms with Gasteiger partial charge in [0.15, 0.2) is 0 Å². The fraction of sp³-hybridized carbons (Fsp3) is 0.158. The van der Waals surface area contributed by atoms with E-state index in [1.165, 1.54) is 5.56 Å². The quantitative estimate of drug-likeness (QED) is 0.726. The first-order valence-electron chi connectivity index (χ1n) is 7.51. The van der Waals surface area contributed by atoms with E-state index in [-0.39, 0.29) is 6.04 Å². The smallest absolute Gasteiger partial charge is 0.102 e. The normalized spacial score (nSPS) is 12.3. The molecule has 1 aromatic heterocycles. The number of thiocarbonyl (C=S) groups is 1. The third kappa shape index (κ3) is 3.55. The molecule has 3 nitrogen and oxygen atoms in total. The van der Waals surface area contributed by atoms with Crippen LogP contribution < -0.4 is 5.32 Å². The molecule has 0 aliphatic heterocycles. The van der Waals surface area contributed by atoms with E-state index >= 15 is 0 Å². The van der Waals surface area contributed by atoms with Crippen LogP contribution in [0.1, 0.15) is 11.6 Å². The molecule has 0 radical (unpaired) electrons. The molecule has 0 bridgehead atoms. The second kappa shape index (κ2) is 6.86. The van der Waals surface area contributed by atoms with Gasteiger partial charge in [0.05, 0.1) is 6.04 Å². The van der Waals surface area contributed by atoms with Gasteiger partial charge >= 0.3 is 0 Å². The number of rotatable bonds is 4. The Morgan fingerprint density at radius 3 is 2.57 bits per heavy atom. The number of anilines is 1. The van der Waals surface area contributed by atoms with Gasteiger partial charge in [0.25, 0.3) is 0 Å². The van der Waals surface area contributed by atoms with Crippen LogP contribution in [0, 0.1) is 0 Å². The molecule has 1 heterocycles. The average molecular weight is 321 g/mol. The predicted octanol–water partition coefficient (Wildman–Crippen LogP) is 4.28. The zero-order valence-electron chi connectivity index (χ0n) is 13.2. The van der Waals surface area contributed by atoms with Crippen molar-refractivity contribution < 1.29 is 0 Å². The van der Waals surface area contributed by atoms with Crippen molar-refractivity contribution in [3.05, 3.63) is 72.6 Å². The van der Waals surface area contributed by atoms with Crippen molar-refractivity contribution in [1.82, 2.24) is 9.88 Å². The molecule has 0 spiro atoms. The summed E-state index contributed by atoms with van der Waals surface area (Å²) >= 11 is 5.67. The molecule has 23 heavy (non-hydrogen) atoms. The molecule has 0 aliphatic carbocycles. The van der Waals surface area contributed by atoms with Crippen molar-refractivity contribution in [2.45, 2.75) is 6.04 Å². The Balaban J connectivity index is 1.86. The molecule has 116 valence electrons. The van der Waals surface area contributed by atoms with Gasteiger partial charge in [0.2, 0.25) is 0 Å². The zero-order chi connectivity index (χ0) is 16.2. The Kier molecular flexibility index (Phi) is 4.65. The lowest BCUT2D eigenvalue weighted by atomic mass is 10.1. The van der Waals surface area contributed by atoms with Gasteiger partial charge in [-0.2, -0.15) is 0 Å². The summed E-state index contributed by atoms with van der Waals surface area (Å²) in [6.07, 6.45) is 3.67. The van der Waals surface area contributed by atoms with E-state index < -0.39 is 0 Å².